The molecule has 0 unspecified atom stereocenters. The lowest BCUT2D eigenvalue weighted by molar-refractivity contribution is -0.118. The number of amides is 2. The summed E-state index contributed by atoms with van der Waals surface area (Å²) >= 11 is 15.2. The molecular weight excluding hydrogens is 541 g/mol. The van der Waals surface area contributed by atoms with E-state index >= 15 is 0 Å². The van der Waals surface area contributed by atoms with E-state index in [1.54, 1.807) is 42.5 Å². The van der Waals surface area contributed by atoms with Gasteiger partial charge in [0.2, 0.25) is 0 Å². The highest BCUT2D eigenvalue weighted by Crippen LogP contribution is 2.27. The fourth-order valence-corrected chi connectivity index (χ4v) is 3.56. The van der Waals surface area contributed by atoms with Gasteiger partial charge in [0.15, 0.2) is 6.61 Å². The summed E-state index contributed by atoms with van der Waals surface area (Å²) in [6, 6.07) is 18.9. The van der Waals surface area contributed by atoms with Crippen LogP contribution in [0.5, 0.6) is 5.75 Å². The molecule has 3 rings (SSSR count). The number of hydrogen-bond donors (Lipinski definition) is 2. The number of ether oxygens (including phenoxy) is 1. The Morgan fingerprint density at radius 2 is 1.82 bits per heavy atom. The molecule has 0 aliphatic heterocycles. The van der Waals surface area contributed by atoms with Crippen LogP contribution in [0.2, 0.25) is 10.0 Å². The molecule has 34 heavy (non-hydrogen) atoms. The molecule has 3 aromatic rings. The summed E-state index contributed by atoms with van der Waals surface area (Å²) in [5.74, 6) is -0.655. The van der Waals surface area contributed by atoms with Gasteiger partial charge < -0.3 is 15.4 Å². The number of carbonyl (C=O) groups is 2. The van der Waals surface area contributed by atoms with E-state index in [0.717, 1.165) is 5.56 Å². The number of nitrogens with one attached hydrogen (secondary N) is 2. The number of anilines is 2. The van der Waals surface area contributed by atoms with Crippen LogP contribution in [0.1, 0.15) is 11.1 Å². The molecular formula is C25H18BrCl2N3O3. The Balaban J connectivity index is 1.75. The lowest BCUT2D eigenvalue weighted by Gasteiger charge is -2.11. The van der Waals surface area contributed by atoms with Crippen LogP contribution in [0.25, 0.3) is 6.08 Å². The van der Waals surface area contributed by atoms with Gasteiger partial charge in [-0.05, 0) is 61.0 Å². The Bertz CT molecular complexity index is 1320. The predicted octanol–water partition coefficient (Wildman–Crippen LogP) is 6.63. The molecule has 0 radical (unpaired) electrons. The van der Waals surface area contributed by atoms with Gasteiger partial charge in [-0.2, -0.15) is 5.26 Å². The van der Waals surface area contributed by atoms with Crippen LogP contribution in [-0.4, -0.2) is 18.4 Å². The molecule has 0 saturated carbocycles. The highest BCUT2D eigenvalue weighted by molar-refractivity contribution is 9.10. The Labute approximate surface area is 215 Å². The summed E-state index contributed by atoms with van der Waals surface area (Å²) in [6.07, 6.45) is 1.41. The minimum Gasteiger partial charge on any atom is -0.483 e. The van der Waals surface area contributed by atoms with E-state index in [1.165, 1.54) is 12.1 Å². The van der Waals surface area contributed by atoms with Crippen LogP contribution in [0, 0.1) is 18.3 Å². The van der Waals surface area contributed by atoms with Crippen molar-refractivity contribution in [1.82, 2.24) is 0 Å². The lowest BCUT2D eigenvalue weighted by Crippen LogP contribution is -2.20. The summed E-state index contributed by atoms with van der Waals surface area (Å²) in [4.78, 5) is 25.0. The zero-order valence-corrected chi connectivity index (χ0v) is 21.0. The summed E-state index contributed by atoms with van der Waals surface area (Å²) in [5.41, 5.74) is 2.28. The molecule has 0 atom stereocenters. The van der Waals surface area contributed by atoms with Crippen molar-refractivity contribution < 1.29 is 14.3 Å². The topological polar surface area (TPSA) is 91.2 Å². The van der Waals surface area contributed by atoms with Crippen LogP contribution in [0.4, 0.5) is 11.4 Å². The van der Waals surface area contributed by atoms with Crippen molar-refractivity contribution in [2.45, 2.75) is 6.92 Å². The van der Waals surface area contributed by atoms with Crippen LogP contribution in [0.3, 0.4) is 0 Å². The Kier molecular flexibility index (Phi) is 8.72. The molecule has 0 fully saturated rings. The van der Waals surface area contributed by atoms with Gasteiger partial charge in [-0.25, -0.2) is 0 Å². The second-order valence-corrected chi connectivity index (χ2v) is 8.82. The molecule has 2 N–H and O–H groups in total. The van der Waals surface area contributed by atoms with E-state index < -0.39 is 11.8 Å². The van der Waals surface area contributed by atoms with Crippen LogP contribution in [0.15, 0.2) is 70.7 Å². The number of carbonyl (C=O) groups excluding carboxylic acids is 2. The minimum absolute atomic E-state index is 0.119. The standard InChI is InChI=1S/C25H18BrCl2N3O3/c1-15-4-2-3-5-22(15)31-25(33)17(13-29)10-16-11-18(26)6-9-23(16)34-14-24(32)30-19-7-8-20(27)21(28)12-19/h2-12H,14H2,1H3,(H,30,32)(H,31,33)/b17-10-. The van der Waals surface area contributed by atoms with Gasteiger partial charge in [0, 0.05) is 21.4 Å². The molecule has 2 amide bonds. The third-order valence-electron chi connectivity index (χ3n) is 4.59. The largest absolute Gasteiger partial charge is 0.483 e. The second kappa shape index (κ2) is 11.7. The molecule has 3 aromatic carbocycles. The van der Waals surface area contributed by atoms with Gasteiger partial charge in [-0.1, -0.05) is 57.3 Å². The first-order valence-corrected chi connectivity index (χ1v) is 11.5. The van der Waals surface area contributed by atoms with Gasteiger partial charge >= 0.3 is 0 Å². The van der Waals surface area contributed by atoms with Gasteiger partial charge in [-0.15, -0.1) is 0 Å². The van der Waals surface area contributed by atoms with Crippen molar-refractivity contribution in [2.24, 2.45) is 0 Å². The van der Waals surface area contributed by atoms with Gasteiger partial charge in [0.1, 0.15) is 17.4 Å². The van der Waals surface area contributed by atoms with Gasteiger partial charge in [-0.3, -0.25) is 9.59 Å². The molecule has 0 heterocycles. The monoisotopic (exact) mass is 557 g/mol. The molecule has 6 nitrogen and oxygen atoms in total. The SMILES string of the molecule is Cc1ccccc1NC(=O)/C(C#N)=C\c1cc(Br)ccc1OCC(=O)Nc1ccc(Cl)c(Cl)c1. The molecule has 9 heteroatoms. The number of nitriles is 1. The van der Waals surface area contributed by atoms with E-state index in [-0.39, 0.29) is 12.2 Å². The van der Waals surface area contributed by atoms with Crippen molar-refractivity contribution in [3.05, 3.63) is 91.9 Å². The number of halogens is 3. The summed E-state index contributed by atoms with van der Waals surface area (Å²) in [7, 11) is 0. The number of benzene rings is 3. The number of rotatable bonds is 7. The molecule has 0 aromatic heterocycles. The number of hydrogen-bond acceptors (Lipinski definition) is 4. The number of aryl methyl sites for hydroxylation is 1. The fourth-order valence-electron chi connectivity index (χ4n) is 2.88. The molecule has 0 aliphatic rings. The van der Waals surface area contributed by atoms with Crippen LogP contribution in [-0.2, 0) is 9.59 Å². The third kappa shape index (κ3) is 6.84. The first kappa shape index (κ1) is 25.3. The molecule has 0 saturated heterocycles. The van der Waals surface area contributed by atoms with Crippen molar-refractivity contribution >= 4 is 68.4 Å². The van der Waals surface area contributed by atoms with E-state index in [0.29, 0.717) is 37.2 Å². The number of nitrogens with zero attached hydrogens (tertiary/aromatic N) is 1. The maximum atomic E-state index is 12.7. The first-order chi connectivity index (χ1) is 16.3. The Morgan fingerprint density at radius 3 is 2.53 bits per heavy atom. The molecule has 0 bridgehead atoms. The van der Waals surface area contributed by atoms with Gasteiger partial charge in [0.25, 0.3) is 11.8 Å². The highest BCUT2D eigenvalue weighted by atomic mass is 79.9. The third-order valence-corrected chi connectivity index (χ3v) is 5.82. The van der Waals surface area contributed by atoms with E-state index in [1.807, 2.05) is 25.1 Å². The van der Waals surface area contributed by atoms with Crippen molar-refractivity contribution in [3.63, 3.8) is 0 Å². The molecule has 0 aliphatic carbocycles. The van der Waals surface area contributed by atoms with E-state index in [2.05, 4.69) is 26.6 Å². The second-order valence-electron chi connectivity index (χ2n) is 7.09. The fraction of sp³-hybridized carbons (Fsp3) is 0.0800. The van der Waals surface area contributed by atoms with E-state index in [9.17, 15) is 14.9 Å². The maximum Gasteiger partial charge on any atom is 0.266 e. The lowest BCUT2D eigenvalue weighted by atomic mass is 10.1. The van der Waals surface area contributed by atoms with E-state index in [4.69, 9.17) is 27.9 Å². The zero-order chi connectivity index (χ0) is 24.7. The Hall–Kier alpha value is -3.31. The average molecular weight is 559 g/mol. The van der Waals surface area contributed by atoms with Gasteiger partial charge in [0.05, 0.1) is 10.0 Å². The van der Waals surface area contributed by atoms with Crippen molar-refractivity contribution in [3.8, 4) is 11.8 Å². The maximum absolute atomic E-state index is 12.7. The zero-order valence-electron chi connectivity index (χ0n) is 17.9. The Morgan fingerprint density at radius 1 is 1.06 bits per heavy atom. The normalized spacial score (nSPS) is 10.9. The number of para-hydroxylation sites is 1. The molecule has 172 valence electrons. The van der Waals surface area contributed by atoms with Crippen LogP contribution >= 0.6 is 39.1 Å². The van der Waals surface area contributed by atoms with Crippen LogP contribution < -0.4 is 15.4 Å². The average Bonchev–Trinajstić information content (AvgIpc) is 2.80. The predicted molar refractivity (Wildman–Crippen MR) is 138 cm³/mol. The smallest absolute Gasteiger partial charge is 0.266 e. The van der Waals surface area contributed by atoms with Crippen molar-refractivity contribution in [2.75, 3.05) is 17.2 Å². The first-order valence-electron chi connectivity index (χ1n) is 9.93. The molecule has 0 spiro atoms. The van der Waals surface area contributed by atoms with Crippen molar-refractivity contribution in [1.29, 1.82) is 5.26 Å². The highest BCUT2D eigenvalue weighted by Gasteiger charge is 2.14. The summed E-state index contributed by atoms with van der Waals surface area (Å²) in [6.45, 7) is 1.55. The summed E-state index contributed by atoms with van der Waals surface area (Å²) in [5, 5.41) is 15.7. The minimum atomic E-state index is -0.555. The quantitative estimate of drug-likeness (QED) is 0.251. The summed E-state index contributed by atoms with van der Waals surface area (Å²) < 4.78 is 6.38.